The monoisotopic (exact) mass is 192 g/mol. The van der Waals surface area contributed by atoms with Gasteiger partial charge in [0.15, 0.2) is 0 Å². The highest BCUT2D eigenvalue weighted by Gasteiger charge is 1.98. The van der Waals surface area contributed by atoms with Gasteiger partial charge in [0.25, 0.3) is 0 Å². The summed E-state index contributed by atoms with van der Waals surface area (Å²) in [5.41, 5.74) is 10.8. The van der Waals surface area contributed by atoms with Gasteiger partial charge in [0, 0.05) is 5.69 Å². The lowest BCUT2D eigenvalue weighted by Gasteiger charge is -1.95. The molecule has 1 aromatic rings. The second-order valence-electron chi connectivity index (χ2n) is 2.68. The normalized spacial score (nSPS) is 8.93. The number of carbonyl (C=O) groups is 1. The number of nitrogens with two attached hydrogens (primary N) is 2. The Hall–Kier alpha value is -2.02. The van der Waals surface area contributed by atoms with Gasteiger partial charge in [0.05, 0.1) is 12.0 Å². The zero-order valence-electron chi connectivity index (χ0n) is 7.38. The zero-order valence-corrected chi connectivity index (χ0v) is 7.38. The van der Waals surface area contributed by atoms with Crippen molar-refractivity contribution in [2.75, 3.05) is 5.73 Å². The standard InChI is InChI=1S/C10H9FN2O/c11-9-6-8(12)5-4-7(9)2-1-3-10(13)14/h4-6H,3,12H2,(H2,13,14). The molecule has 0 atom stereocenters. The highest BCUT2D eigenvalue weighted by Crippen LogP contribution is 2.10. The van der Waals surface area contributed by atoms with Gasteiger partial charge in [-0.2, -0.15) is 0 Å². The fourth-order valence-electron chi connectivity index (χ4n) is 0.859. The third-order valence-corrected chi connectivity index (χ3v) is 1.48. The van der Waals surface area contributed by atoms with Crippen molar-refractivity contribution in [3.8, 4) is 11.8 Å². The molecule has 72 valence electrons. The molecule has 0 aliphatic heterocycles. The smallest absolute Gasteiger partial charge is 0.229 e. The van der Waals surface area contributed by atoms with Crippen LogP contribution in [0.15, 0.2) is 18.2 Å². The molecule has 0 aromatic heterocycles. The molecule has 1 aromatic carbocycles. The van der Waals surface area contributed by atoms with Crippen molar-refractivity contribution in [3.05, 3.63) is 29.6 Å². The van der Waals surface area contributed by atoms with Crippen molar-refractivity contribution >= 4 is 11.6 Å². The SMILES string of the molecule is NC(=O)CC#Cc1ccc(N)cc1F. The van der Waals surface area contributed by atoms with E-state index in [0.29, 0.717) is 5.69 Å². The number of benzene rings is 1. The van der Waals surface area contributed by atoms with Crippen molar-refractivity contribution in [3.63, 3.8) is 0 Å². The molecule has 4 heteroatoms. The Morgan fingerprint density at radius 1 is 1.50 bits per heavy atom. The average molecular weight is 192 g/mol. The van der Waals surface area contributed by atoms with Gasteiger partial charge in [0.1, 0.15) is 5.82 Å². The van der Waals surface area contributed by atoms with Crippen molar-refractivity contribution in [2.24, 2.45) is 5.73 Å². The minimum absolute atomic E-state index is 0.0795. The third-order valence-electron chi connectivity index (χ3n) is 1.48. The van der Waals surface area contributed by atoms with Crippen molar-refractivity contribution in [1.29, 1.82) is 0 Å². The van der Waals surface area contributed by atoms with Gasteiger partial charge in [-0.3, -0.25) is 4.79 Å². The van der Waals surface area contributed by atoms with E-state index in [1.165, 1.54) is 18.2 Å². The minimum atomic E-state index is -0.534. The molecule has 0 bridgehead atoms. The van der Waals surface area contributed by atoms with Crippen LogP contribution in [0.25, 0.3) is 0 Å². The maximum atomic E-state index is 13.1. The number of amides is 1. The first-order chi connectivity index (χ1) is 6.59. The van der Waals surface area contributed by atoms with Crippen LogP contribution < -0.4 is 11.5 Å². The molecule has 0 fully saturated rings. The summed E-state index contributed by atoms with van der Waals surface area (Å²) < 4.78 is 13.1. The molecule has 0 radical (unpaired) electrons. The number of hydrogen-bond acceptors (Lipinski definition) is 2. The Morgan fingerprint density at radius 3 is 2.79 bits per heavy atom. The summed E-state index contributed by atoms with van der Waals surface area (Å²) in [5, 5.41) is 0. The van der Waals surface area contributed by atoms with Crippen LogP contribution in [0, 0.1) is 17.7 Å². The number of halogens is 1. The summed E-state index contributed by atoms with van der Waals surface area (Å²) in [5.74, 6) is 3.91. The highest BCUT2D eigenvalue weighted by atomic mass is 19.1. The molecule has 0 spiro atoms. The van der Waals surface area contributed by atoms with Crippen LogP contribution in [0.2, 0.25) is 0 Å². The van der Waals surface area contributed by atoms with E-state index < -0.39 is 11.7 Å². The van der Waals surface area contributed by atoms with Crippen LogP contribution in [-0.4, -0.2) is 5.91 Å². The van der Waals surface area contributed by atoms with E-state index in [1.54, 1.807) is 0 Å². The Balaban J connectivity index is 2.85. The van der Waals surface area contributed by atoms with Gasteiger partial charge in [0.2, 0.25) is 5.91 Å². The van der Waals surface area contributed by atoms with Crippen LogP contribution in [0.5, 0.6) is 0 Å². The number of carbonyl (C=O) groups excluding carboxylic acids is 1. The molecule has 0 unspecified atom stereocenters. The first-order valence-electron chi connectivity index (χ1n) is 3.92. The summed E-state index contributed by atoms with van der Waals surface area (Å²) in [4.78, 5) is 10.3. The van der Waals surface area contributed by atoms with Crippen LogP contribution in [0.3, 0.4) is 0 Å². The largest absolute Gasteiger partial charge is 0.399 e. The topological polar surface area (TPSA) is 69.1 Å². The van der Waals surface area contributed by atoms with Crippen LogP contribution >= 0.6 is 0 Å². The Labute approximate surface area is 80.9 Å². The number of nitrogen functional groups attached to an aromatic ring is 1. The third kappa shape index (κ3) is 2.79. The molecule has 0 saturated heterocycles. The van der Waals surface area contributed by atoms with Gasteiger partial charge in [-0.05, 0) is 18.2 Å². The molecule has 1 amide bonds. The Morgan fingerprint density at radius 2 is 2.21 bits per heavy atom. The van der Waals surface area contributed by atoms with Gasteiger partial charge in [-0.15, -0.1) is 0 Å². The number of rotatable bonds is 1. The van der Waals surface area contributed by atoms with E-state index in [-0.39, 0.29) is 12.0 Å². The van der Waals surface area contributed by atoms with E-state index >= 15 is 0 Å². The maximum Gasteiger partial charge on any atom is 0.229 e. The van der Waals surface area contributed by atoms with Gasteiger partial charge in [-0.25, -0.2) is 4.39 Å². The van der Waals surface area contributed by atoms with E-state index in [4.69, 9.17) is 11.5 Å². The number of hydrogen-bond donors (Lipinski definition) is 2. The van der Waals surface area contributed by atoms with Crippen LogP contribution in [-0.2, 0) is 4.79 Å². The number of primary amides is 1. The quantitative estimate of drug-likeness (QED) is 0.506. The molecule has 3 nitrogen and oxygen atoms in total. The summed E-state index contributed by atoms with van der Waals surface area (Å²) >= 11 is 0. The van der Waals surface area contributed by atoms with E-state index in [2.05, 4.69) is 11.8 Å². The second kappa shape index (κ2) is 4.28. The Kier molecular flexibility index (Phi) is 3.08. The molecule has 0 aliphatic carbocycles. The predicted molar refractivity (Wildman–Crippen MR) is 51.5 cm³/mol. The highest BCUT2D eigenvalue weighted by molar-refractivity contribution is 5.76. The molecule has 0 saturated carbocycles. The molecule has 1 rings (SSSR count). The van der Waals surface area contributed by atoms with Crippen LogP contribution in [0.1, 0.15) is 12.0 Å². The summed E-state index contributed by atoms with van der Waals surface area (Å²) in [7, 11) is 0. The summed E-state index contributed by atoms with van der Waals surface area (Å²) in [6, 6.07) is 4.17. The average Bonchev–Trinajstić information content (AvgIpc) is 2.08. The predicted octanol–water partition coefficient (Wildman–Crippen LogP) is 0.635. The van der Waals surface area contributed by atoms with Crippen molar-refractivity contribution < 1.29 is 9.18 Å². The maximum absolute atomic E-state index is 13.1. The number of anilines is 1. The van der Waals surface area contributed by atoms with E-state index in [9.17, 15) is 9.18 Å². The molecule has 14 heavy (non-hydrogen) atoms. The van der Waals surface area contributed by atoms with Gasteiger partial charge >= 0.3 is 0 Å². The lowest BCUT2D eigenvalue weighted by molar-refractivity contribution is -0.117. The summed E-state index contributed by atoms with van der Waals surface area (Å²) in [6.45, 7) is 0. The summed E-state index contributed by atoms with van der Waals surface area (Å²) in [6.07, 6.45) is -0.0795. The fourth-order valence-corrected chi connectivity index (χ4v) is 0.859. The Bertz CT molecular complexity index is 418. The molecule has 4 N–H and O–H groups in total. The van der Waals surface area contributed by atoms with Crippen LogP contribution in [0.4, 0.5) is 10.1 Å². The zero-order chi connectivity index (χ0) is 10.6. The molecular formula is C10H9FN2O. The molecule has 0 heterocycles. The second-order valence-corrected chi connectivity index (χ2v) is 2.68. The van der Waals surface area contributed by atoms with E-state index in [1.807, 2.05) is 0 Å². The first kappa shape index (κ1) is 10.1. The minimum Gasteiger partial charge on any atom is -0.399 e. The van der Waals surface area contributed by atoms with Gasteiger partial charge < -0.3 is 11.5 Å². The lowest BCUT2D eigenvalue weighted by atomic mass is 10.2. The lowest BCUT2D eigenvalue weighted by Crippen LogP contribution is -2.08. The molecular weight excluding hydrogens is 183 g/mol. The molecule has 0 aliphatic rings. The van der Waals surface area contributed by atoms with Gasteiger partial charge in [-0.1, -0.05) is 11.8 Å². The fraction of sp³-hybridized carbons (Fsp3) is 0.100. The first-order valence-corrected chi connectivity index (χ1v) is 3.92. The van der Waals surface area contributed by atoms with E-state index in [0.717, 1.165) is 0 Å². The van der Waals surface area contributed by atoms with Crippen molar-refractivity contribution in [1.82, 2.24) is 0 Å². The van der Waals surface area contributed by atoms with Crippen molar-refractivity contribution in [2.45, 2.75) is 6.42 Å².